The molecule has 2 aromatic heterocycles. The molecule has 3 heterocycles. The molecule has 0 saturated heterocycles. The van der Waals surface area contributed by atoms with Gasteiger partial charge in [-0.3, -0.25) is 14.5 Å². The van der Waals surface area contributed by atoms with Crippen LogP contribution >= 0.6 is 23.1 Å². The minimum Gasteiger partial charge on any atom is -0.503 e. The largest absolute Gasteiger partial charge is 0.503 e. The smallest absolute Gasteiger partial charge is 0.296 e. The lowest BCUT2D eigenvalue weighted by Gasteiger charge is -2.24. The fraction of sp³-hybridized carbons (Fsp3) is 0.154. The first-order valence-corrected chi connectivity index (χ1v) is 12.9. The van der Waals surface area contributed by atoms with Gasteiger partial charge in [0.05, 0.1) is 24.5 Å². The Morgan fingerprint density at radius 2 is 1.97 bits per heavy atom. The maximum Gasteiger partial charge on any atom is 0.296 e. The van der Waals surface area contributed by atoms with Crippen molar-refractivity contribution in [2.45, 2.75) is 23.1 Å². The van der Waals surface area contributed by atoms with E-state index in [1.807, 2.05) is 37.3 Å². The van der Waals surface area contributed by atoms with Crippen molar-refractivity contribution in [3.05, 3.63) is 101 Å². The highest BCUT2D eigenvalue weighted by Gasteiger charge is 2.46. The number of aliphatic hydroxyl groups is 1. The topological polar surface area (TPSA) is 106 Å². The lowest BCUT2D eigenvalue weighted by Crippen LogP contribution is -2.31. The quantitative estimate of drug-likeness (QED) is 0.173. The van der Waals surface area contributed by atoms with Gasteiger partial charge in [-0.1, -0.05) is 65.6 Å². The van der Waals surface area contributed by atoms with Gasteiger partial charge in [0.25, 0.3) is 5.91 Å². The number of ether oxygens (including phenoxy) is 1. The Morgan fingerprint density at radius 3 is 2.72 bits per heavy atom. The Bertz CT molecular complexity index is 1420. The number of nitrogens with zero attached hydrogens (tertiary/aromatic N) is 3. The third kappa shape index (κ3) is 4.65. The van der Waals surface area contributed by atoms with E-state index in [1.54, 1.807) is 30.3 Å². The number of benzene rings is 2. The maximum absolute atomic E-state index is 13.3. The van der Waals surface area contributed by atoms with E-state index < -0.39 is 23.5 Å². The predicted octanol–water partition coefficient (Wildman–Crippen LogP) is 5.61. The van der Waals surface area contributed by atoms with Gasteiger partial charge in [0.2, 0.25) is 10.9 Å². The third-order valence-corrected chi connectivity index (χ3v) is 7.62. The molecule has 0 aliphatic carbocycles. The van der Waals surface area contributed by atoms with E-state index in [4.69, 9.17) is 9.15 Å². The van der Waals surface area contributed by atoms with E-state index in [9.17, 15) is 14.7 Å². The molecule has 0 spiro atoms. The van der Waals surface area contributed by atoms with Crippen LogP contribution in [0.2, 0.25) is 0 Å². The number of thioether (sulfide) groups is 1. The summed E-state index contributed by atoms with van der Waals surface area (Å²) in [6.07, 6.45) is 1.37. The molecule has 1 atom stereocenters. The first-order chi connectivity index (χ1) is 17.6. The van der Waals surface area contributed by atoms with Crippen LogP contribution in [0.4, 0.5) is 5.13 Å². The van der Waals surface area contributed by atoms with Crippen molar-refractivity contribution in [3.63, 3.8) is 0 Å². The SMILES string of the molecule is CCOc1cccc(C2C(C(=O)c3ccco3)=C(O)C(=O)N2c2nnc(SCc3ccccc3)s2)c1. The second kappa shape index (κ2) is 10.4. The minimum absolute atomic E-state index is 0.0218. The summed E-state index contributed by atoms with van der Waals surface area (Å²) >= 11 is 2.72. The average Bonchev–Trinajstić information content (AvgIpc) is 3.64. The molecule has 10 heteroatoms. The number of anilines is 1. The number of amides is 1. The van der Waals surface area contributed by atoms with Crippen LogP contribution in [0.15, 0.2) is 93.1 Å². The summed E-state index contributed by atoms with van der Waals surface area (Å²) in [5.74, 6) is -0.661. The predicted molar refractivity (Wildman–Crippen MR) is 136 cm³/mol. The highest BCUT2D eigenvalue weighted by molar-refractivity contribution is 8.00. The fourth-order valence-corrected chi connectivity index (χ4v) is 5.73. The molecule has 1 N–H and O–H groups in total. The number of aliphatic hydroxyl groups excluding tert-OH is 1. The number of rotatable bonds is 9. The number of carbonyl (C=O) groups is 2. The molecule has 0 radical (unpaired) electrons. The molecule has 5 rings (SSSR count). The van der Waals surface area contributed by atoms with Crippen molar-refractivity contribution in [1.82, 2.24) is 10.2 Å². The van der Waals surface area contributed by atoms with Crippen molar-refractivity contribution < 1.29 is 23.8 Å². The first kappa shape index (κ1) is 23.8. The molecule has 8 nitrogen and oxygen atoms in total. The van der Waals surface area contributed by atoms with Gasteiger partial charge in [-0.05, 0) is 42.3 Å². The zero-order valence-electron chi connectivity index (χ0n) is 19.2. The molecule has 1 aliphatic heterocycles. The van der Waals surface area contributed by atoms with Gasteiger partial charge in [-0.25, -0.2) is 0 Å². The summed E-state index contributed by atoms with van der Waals surface area (Å²) in [6, 6.07) is 19.1. The Labute approximate surface area is 215 Å². The van der Waals surface area contributed by atoms with E-state index in [1.165, 1.54) is 40.3 Å². The number of ketones is 1. The van der Waals surface area contributed by atoms with Gasteiger partial charge < -0.3 is 14.3 Å². The average molecular weight is 520 g/mol. The summed E-state index contributed by atoms with van der Waals surface area (Å²) in [5.41, 5.74) is 1.63. The molecule has 2 aromatic carbocycles. The summed E-state index contributed by atoms with van der Waals surface area (Å²) in [4.78, 5) is 28.0. The Kier molecular flexibility index (Phi) is 6.88. The lowest BCUT2D eigenvalue weighted by molar-refractivity contribution is -0.117. The number of aromatic nitrogens is 2. The van der Waals surface area contributed by atoms with Crippen molar-refractivity contribution in [2.75, 3.05) is 11.5 Å². The van der Waals surface area contributed by atoms with E-state index in [0.29, 0.717) is 28.0 Å². The molecule has 1 amide bonds. The van der Waals surface area contributed by atoms with Crippen LogP contribution < -0.4 is 9.64 Å². The van der Waals surface area contributed by atoms with E-state index in [2.05, 4.69) is 10.2 Å². The summed E-state index contributed by atoms with van der Waals surface area (Å²) in [7, 11) is 0. The van der Waals surface area contributed by atoms with Crippen molar-refractivity contribution >= 4 is 39.9 Å². The van der Waals surface area contributed by atoms with Crippen molar-refractivity contribution in [1.29, 1.82) is 0 Å². The fourth-order valence-electron chi connectivity index (χ4n) is 3.91. The summed E-state index contributed by atoms with van der Waals surface area (Å²) < 4.78 is 11.6. The summed E-state index contributed by atoms with van der Waals surface area (Å²) in [6.45, 7) is 2.32. The van der Waals surface area contributed by atoms with Crippen LogP contribution in [0, 0.1) is 0 Å². The molecular formula is C26H21N3O5S2. The Hall–Kier alpha value is -3.89. The monoisotopic (exact) mass is 519 g/mol. The molecular weight excluding hydrogens is 498 g/mol. The summed E-state index contributed by atoms with van der Waals surface area (Å²) in [5, 5.41) is 19.6. The van der Waals surface area contributed by atoms with E-state index in [-0.39, 0.29) is 16.5 Å². The molecule has 0 bridgehead atoms. The van der Waals surface area contributed by atoms with Crippen LogP contribution in [0.25, 0.3) is 0 Å². The van der Waals surface area contributed by atoms with Gasteiger partial charge in [0, 0.05) is 5.75 Å². The molecule has 1 unspecified atom stereocenters. The minimum atomic E-state index is -0.935. The molecule has 0 saturated carbocycles. The van der Waals surface area contributed by atoms with Gasteiger partial charge in [-0.2, -0.15) is 0 Å². The number of furan rings is 1. The van der Waals surface area contributed by atoms with Gasteiger partial charge >= 0.3 is 0 Å². The van der Waals surface area contributed by atoms with Crippen molar-refractivity contribution in [3.8, 4) is 5.75 Å². The van der Waals surface area contributed by atoms with Crippen LogP contribution in [-0.4, -0.2) is 33.6 Å². The molecule has 1 aliphatic rings. The molecule has 182 valence electrons. The maximum atomic E-state index is 13.3. The first-order valence-electron chi connectivity index (χ1n) is 11.1. The second-order valence-electron chi connectivity index (χ2n) is 7.78. The highest BCUT2D eigenvalue weighted by Crippen LogP contribution is 2.44. The van der Waals surface area contributed by atoms with E-state index in [0.717, 1.165) is 5.56 Å². The standard InChI is InChI=1S/C26H21N3O5S2/c1-2-33-18-11-6-10-17(14-18)21-20(22(30)19-12-7-13-34-19)23(31)24(32)29(21)25-27-28-26(36-25)35-15-16-8-4-3-5-9-16/h3-14,21,31H,2,15H2,1H3. The number of hydrogen-bond acceptors (Lipinski definition) is 9. The number of hydrogen-bond donors (Lipinski definition) is 1. The third-order valence-electron chi connectivity index (χ3n) is 5.49. The van der Waals surface area contributed by atoms with Crippen LogP contribution in [0.5, 0.6) is 5.75 Å². The van der Waals surface area contributed by atoms with Crippen molar-refractivity contribution in [2.24, 2.45) is 0 Å². The second-order valence-corrected chi connectivity index (χ2v) is 9.96. The zero-order chi connectivity index (χ0) is 25.1. The Morgan fingerprint density at radius 1 is 1.14 bits per heavy atom. The van der Waals surface area contributed by atoms with Crippen LogP contribution in [0.1, 0.15) is 34.6 Å². The van der Waals surface area contributed by atoms with Gasteiger partial charge in [-0.15, -0.1) is 10.2 Å². The molecule has 4 aromatic rings. The molecule has 0 fully saturated rings. The zero-order valence-corrected chi connectivity index (χ0v) is 20.8. The normalized spacial score (nSPS) is 15.5. The molecule has 36 heavy (non-hydrogen) atoms. The highest BCUT2D eigenvalue weighted by atomic mass is 32.2. The van der Waals surface area contributed by atoms with Crippen LogP contribution in [0.3, 0.4) is 0 Å². The Balaban J connectivity index is 1.51. The number of carbonyl (C=O) groups excluding carboxylic acids is 2. The van der Waals surface area contributed by atoms with E-state index >= 15 is 0 Å². The number of Topliss-reactive ketones (excluding diaryl/α,β-unsaturated/α-hetero) is 1. The van der Waals surface area contributed by atoms with Gasteiger partial charge in [0.1, 0.15) is 5.75 Å². The van der Waals surface area contributed by atoms with Gasteiger partial charge in [0.15, 0.2) is 15.9 Å². The van der Waals surface area contributed by atoms with Crippen LogP contribution in [-0.2, 0) is 10.5 Å². The lowest BCUT2D eigenvalue weighted by atomic mass is 9.95.